The molecule has 0 radical (unpaired) electrons. The maximum Gasteiger partial charge on any atom is 0.215 e. The maximum absolute atomic E-state index is 10.0. The van der Waals surface area contributed by atoms with Gasteiger partial charge in [0.1, 0.15) is 0 Å². The Kier molecular flexibility index (Phi) is 1.20. The normalized spacial score (nSPS) is 17.6. The van der Waals surface area contributed by atoms with Crippen molar-refractivity contribution >= 4 is 6.41 Å². The minimum absolute atomic E-state index is 0.684. The van der Waals surface area contributed by atoms with Gasteiger partial charge >= 0.3 is 0 Å². The summed E-state index contributed by atoms with van der Waals surface area (Å²) in [6.07, 6.45) is 4.40. The summed E-state index contributed by atoms with van der Waals surface area (Å²) in [6, 6.07) is 0. The summed E-state index contributed by atoms with van der Waals surface area (Å²) in [7, 11) is 1.92. The van der Waals surface area contributed by atoms with E-state index < -0.39 is 0 Å². The minimum atomic E-state index is 0.684. The molecule has 0 aliphatic carbocycles. The molecule has 44 valence electrons. The second kappa shape index (κ2) is 1.86. The molecule has 1 aliphatic rings. The number of carbonyl (C=O) groups is 1. The van der Waals surface area contributed by atoms with E-state index in [2.05, 4.69) is 0 Å². The summed E-state index contributed by atoms with van der Waals surface area (Å²) >= 11 is 0. The van der Waals surface area contributed by atoms with Crippen molar-refractivity contribution in [1.82, 2.24) is 9.80 Å². The number of rotatable bonds is 1. The largest absolute Gasteiger partial charge is 0.361 e. The zero-order valence-electron chi connectivity index (χ0n) is 4.74. The molecular weight excluding hydrogens is 104 g/mol. The summed E-state index contributed by atoms with van der Waals surface area (Å²) in [5.41, 5.74) is 0. The average molecular weight is 112 g/mol. The number of nitrogens with zero attached hydrogens (tertiary/aromatic N) is 2. The third-order valence-corrected chi connectivity index (χ3v) is 1.03. The van der Waals surface area contributed by atoms with Gasteiger partial charge in [0, 0.05) is 19.4 Å². The van der Waals surface area contributed by atoms with Crippen molar-refractivity contribution < 1.29 is 4.79 Å². The summed E-state index contributed by atoms with van der Waals surface area (Å²) in [4.78, 5) is 13.5. The minimum Gasteiger partial charge on any atom is -0.361 e. The van der Waals surface area contributed by atoms with Gasteiger partial charge in [-0.3, -0.25) is 4.79 Å². The molecule has 0 aromatic rings. The lowest BCUT2D eigenvalue weighted by molar-refractivity contribution is -0.116. The molecule has 0 fully saturated rings. The molecule has 0 atom stereocenters. The van der Waals surface area contributed by atoms with Gasteiger partial charge in [0.2, 0.25) is 6.41 Å². The molecule has 0 unspecified atom stereocenters. The Morgan fingerprint density at radius 1 is 1.62 bits per heavy atom. The van der Waals surface area contributed by atoms with Crippen LogP contribution >= 0.6 is 0 Å². The van der Waals surface area contributed by atoms with Gasteiger partial charge in [0.25, 0.3) is 0 Å². The van der Waals surface area contributed by atoms with Crippen molar-refractivity contribution in [2.45, 2.75) is 0 Å². The quantitative estimate of drug-likeness (QED) is 0.439. The van der Waals surface area contributed by atoms with Gasteiger partial charge in [0.15, 0.2) is 0 Å². The number of hydrogen-bond donors (Lipinski definition) is 0. The SMILES string of the molecule is CN1C=CN(C=O)C1. The van der Waals surface area contributed by atoms with E-state index in [0.29, 0.717) is 6.67 Å². The molecule has 1 heterocycles. The lowest BCUT2D eigenvalue weighted by Crippen LogP contribution is -2.20. The Morgan fingerprint density at radius 3 is 2.62 bits per heavy atom. The highest BCUT2D eigenvalue weighted by Crippen LogP contribution is 1.98. The van der Waals surface area contributed by atoms with Gasteiger partial charge in [0.05, 0.1) is 6.67 Å². The van der Waals surface area contributed by atoms with Crippen molar-refractivity contribution in [2.24, 2.45) is 0 Å². The van der Waals surface area contributed by atoms with Crippen LogP contribution in [-0.2, 0) is 4.79 Å². The highest BCUT2D eigenvalue weighted by Gasteiger charge is 2.04. The second-order valence-corrected chi connectivity index (χ2v) is 1.82. The van der Waals surface area contributed by atoms with Crippen LogP contribution < -0.4 is 0 Å². The highest BCUT2D eigenvalue weighted by molar-refractivity contribution is 5.49. The summed E-state index contributed by atoms with van der Waals surface area (Å²) in [6.45, 7) is 0.684. The molecule has 0 spiro atoms. The van der Waals surface area contributed by atoms with E-state index in [4.69, 9.17) is 0 Å². The molecule has 0 saturated carbocycles. The number of amides is 1. The first-order valence-electron chi connectivity index (χ1n) is 2.42. The standard InChI is InChI=1S/C5H8N2O/c1-6-2-3-7(4-6)5-8/h2-3,5H,4H2,1H3. The lowest BCUT2D eigenvalue weighted by atomic mass is 10.8. The first-order chi connectivity index (χ1) is 3.83. The fourth-order valence-corrected chi connectivity index (χ4v) is 0.620. The highest BCUT2D eigenvalue weighted by atomic mass is 16.1. The molecule has 0 aromatic heterocycles. The van der Waals surface area contributed by atoms with E-state index in [-0.39, 0.29) is 0 Å². The van der Waals surface area contributed by atoms with E-state index >= 15 is 0 Å². The number of carbonyl (C=O) groups excluding carboxylic acids is 1. The zero-order chi connectivity index (χ0) is 5.98. The van der Waals surface area contributed by atoms with E-state index in [1.165, 1.54) is 0 Å². The average Bonchev–Trinajstić information content (AvgIpc) is 2.14. The topological polar surface area (TPSA) is 23.6 Å². The molecule has 3 nitrogen and oxygen atoms in total. The maximum atomic E-state index is 10.0. The van der Waals surface area contributed by atoms with Gasteiger partial charge in [-0.05, 0) is 0 Å². The summed E-state index contributed by atoms with van der Waals surface area (Å²) in [5, 5.41) is 0. The Bertz CT molecular complexity index is 122. The van der Waals surface area contributed by atoms with Crippen LogP contribution in [0.4, 0.5) is 0 Å². The molecule has 8 heavy (non-hydrogen) atoms. The van der Waals surface area contributed by atoms with Crippen molar-refractivity contribution in [2.75, 3.05) is 13.7 Å². The molecule has 0 N–H and O–H groups in total. The Hall–Kier alpha value is -0.990. The molecule has 0 bridgehead atoms. The molecule has 0 saturated heterocycles. The molecular formula is C5H8N2O. The summed E-state index contributed by atoms with van der Waals surface area (Å²) < 4.78 is 0. The number of hydrogen-bond acceptors (Lipinski definition) is 2. The smallest absolute Gasteiger partial charge is 0.215 e. The Labute approximate surface area is 48.2 Å². The van der Waals surface area contributed by atoms with Crippen molar-refractivity contribution in [3.8, 4) is 0 Å². The van der Waals surface area contributed by atoms with Crippen LogP contribution in [0.15, 0.2) is 12.4 Å². The van der Waals surface area contributed by atoms with Crippen LogP contribution in [0.3, 0.4) is 0 Å². The summed E-state index contributed by atoms with van der Waals surface area (Å²) in [5.74, 6) is 0. The van der Waals surface area contributed by atoms with Crippen LogP contribution in [-0.4, -0.2) is 29.9 Å². The third kappa shape index (κ3) is 0.804. The van der Waals surface area contributed by atoms with Crippen LogP contribution in [0.2, 0.25) is 0 Å². The van der Waals surface area contributed by atoms with Crippen molar-refractivity contribution in [1.29, 1.82) is 0 Å². The third-order valence-electron chi connectivity index (χ3n) is 1.03. The van der Waals surface area contributed by atoms with Crippen molar-refractivity contribution in [3.05, 3.63) is 12.4 Å². The molecule has 1 rings (SSSR count). The van der Waals surface area contributed by atoms with Gasteiger partial charge in [-0.1, -0.05) is 0 Å². The molecule has 0 aromatic carbocycles. The van der Waals surface area contributed by atoms with E-state index in [0.717, 1.165) is 6.41 Å². The molecule has 3 heteroatoms. The molecule has 1 aliphatic heterocycles. The van der Waals surface area contributed by atoms with E-state index in [9.17, 15) is 4.79 Å². The van der Waals surface area contributed by atoms with Crippen LogP contribution in [0.1, 0.15) is 0 Å². The van der Waals surface area contributed by atoms with Crippen LogP contribution in [0.5, 0.6) is 0 Å². The van der Waals surface area contributed by atoms with E-state index in [1.807, 2.05) is 18.1 Å². The first kappa shape index (κ1) is 5.15. The monoisotopic (exact) mass is 112 g/mol. The van der Waals surface area contributed by atoms with Crippen LogP contribution in [0.25, 0.3) is 0 Å². The zero-order valence-corrected chi connectivity index (χ0v) is 4.74. The molecule has 1 amide bonds. The van der Waals surface area contributed by atoms with Crippen LogP contribution in [0, 0.1) is 0 Å². The van der Waals surface area contributed by atoms with Gasteiger partial charge < -0.3 is 9.80 Å². The predicted molar refractivity (Wildman–Crippen MR) is 29.7 cm³/mol. The van der Waals surface area contributed by atoms with E-state index in [1.54, 1.807) is 11.1 Å². The van der Waals surface area contributed by atoms with Gasteiger partial charge in [-0.2, -0.15) is 0 Å². The fraction of sp³-hybridized carbons (Fsp3) is 0.400. The Morgan fingerprint density at radius 2 is 2.38 bits per heavy atom. The second-order valence-electron chi connectivity index (χ2n) is 1.82. The first-order valence-corrected chi connectivity index (χ1v) is 2.42. The predicted octanol–water partition coefficient (Wildman–Crippen LogP) is -0.181. The van der Waals surface area contributed by atoms with Crippen molar-refractivity contribution in [3.63, 3.8) is 0 Å². The fourth-order valence-electron chi connectivity index (χ4n) is 0.620. The van der Waals surface area contributed by atoms with Gasteiger partial charge in [-0.15, -0.1) is 0 Å². The Balaban J connectivity index is 2.45. The lowest BCUT2D eigenvalue weighted by Gasteiger charge is -2.09. The van der Waals surface area contributed by atoms with Gasteiger partial charge in [-0.25, -0.2) is 0 Å².